The molecule has 0 aliphatic heterocycles. The lowest BCUT2D eigenvalue weighted by atomic mass is 10.1. The Bertz CT molecular complexity index is 1600. The van der Waals surface area contributed by atoms with E-state index in [1.807, 2.05) is 30.3 Å². The van der Waals surface area contributed by atoms with Crippen LogP contribution < -0.4 is 5.32 Å². The van der Waals surface area contributed by atoms with E-state index < -0.39 is 23.5 Å². The van der Waals surface area contributed by atoms with E-state index in [0.717, 1.165) is 35.7 Å². The Morgan fingerprint density at radius 1 is 0.974 bits per heavy atom. The van der Waals surface area contributed by atoms with Crippen molar-refractivity contribution in [3.05, 3.63) is 119 Å². The van der Waals surface area contributed by atoms with E-state index >= 15 is 0 Å². The first-order valence-corrected chi connectivity index (χ1v) is 12.6. The van der Waals surface area contributed by atoms with E-state index in [9.17, 15) is 22.4 Å². The molecule has 1 N–H and O–H groups in total. The highest BCUT2D eigenvalue weighted by Crippen LogP contribution is 2.32. The summed E-state index contributed by atoms with van der Waals surface area (Å²) < 4.78 is 61.1. The van der Waals surface area contributed by atoms with Crippen LogP contribution in [-0.4, -0.2) is 25.7 Å². The number of nitrogens with one attached hydrogen (secondary N) is 1. The lowest BCUT2D eigenvalue weighted by Gasteiger charge is -2.13. The molecule has 12 heteroatoms. The number of carbonyl (C=O) groups excluding carboxylic acids is 1. The minimum absolute atomic E-state index is 0.00144. The number of aromatic nitrogens is 4. The van der Waals surface area contributed by atoms with Gasteiger partial charge in [0, 0.05) is 6.42 Å². The Labute approximate surface area is 223 Å². The standard InChI is InChI=1S/C27H19F4N5O2S/c28-20-11-4-5-12-21(20)33-25(37)22-15-38-24(32-22)16-39-26-35-34-23(13-17-7-2-1-3-8-17)36(26)19-10-6-9-18(14-19)27(29,30)31/h1-12,14-15H,13,16H2,(H,33,37). The van der Waals surface area contributed by atoms with Gasteiger partial charge in [0.1, 0.15) is 17.9 Å². The summed E-state index contributed by atoms with van der Waals surface area (Å²) in [6.45, 7) is 0. The molecule has 0 fully saturated rings. The number of halogens is 4. The first-order chi connectivity index (χ1) is 18.8. The van der Waals surface area contributed by atoms with Crippen molar-refractivity contribution in [2.24, 2.45) is 0 Å². The molecule has 198 valence electrons. The highest BCUT2D eigenvalue weighted by molar-refractivity contribution is 7.98. The SMILES string of the molecule is O=C(Nc1ccccc1F)c1coc(CSc2nnc(Cc3ccccc3)n2-c2cccc(C(F)(F)F)c2)n1. The number of hydrogen-bond acceptors (Lipinski definition) is 6. The van der Waals surface area contributed by atoms with Gasteiger partial charge >= 0.3 is 6.18 Å². The van der Waals surface area contributed by atoms with E-state index in [-0.39, 0.29) is 28.7 Å². The van der Waals surface area contributed by atoms with Crippen molar-refractivity contribution in [2.45, 2.75) is 23.5 Å². The van der Waals surface area contributed by atoms with E-state index in [4.69, 9.17) is 4.42 Å². The van der Waals surface area contributed by atoms with Gasteiger partial charge in [-0.2, -0.15) is 13.2 Å². The Balaban J connectivity index is 1.38. The van der Waals surface area contributed by atoms with Gasteiger partial charge in [0.2, 0.25) is 5.89 Å². The molecule has 0 unspecified atom stereocenters. The number of anilines is 1. The van der Waals surface area contributed by atoms with Crippen LogP contribution in [0.2, 0.25) is 0 Å². The lowest BCUT2D eigenvalue weighted by molar-refractivity contribution is -0.137. The third-order valence-electron chi connectivity index (χ3n) is 5.57. The lowest BCUT2D eigenvalue weighted by Crippen LogP contribution is -2.13. The van der Waals surface area contributed by atoms with Crippen LogP contribution in [0.25, 0.3) is 5.69 Å². The topological polar surface area (TPSA) is 85.8 Å². The summed E-state index contributed by atoms with van der Waals surface area (Å²) >= 11 is 1.13. The molecule has 5 aromatic rings. The maximum atomic E-state index is 13.8. The maximum absolute atomic E-state index is 13.8. The fraction of sp³-hybridized carbons (Fsp3) is 0.111. The molecule has 0 radical (unpaired) electrons. The zero-order valence-corrected chi connectivity index (χ0v) is 20.8. The molecule has 1 amide bonds. The monoisotopic (exact) mass is 553 g/mol. The summed E-state index contributed by atoms with van der Waals surface area (Å²) in [6.07, 6.45) is -3.04. The summed E-state index contributed by atoms with van der Waals surface area (Å²) in [5, 5.41) is 11.2. The highest BCUT2D eigenvalue weighted by Gasteiger charge is 2.31. The number of rotatable bonds is 8. The molecule has 39 heavy (non-hydrogen) atoms. The predicted molar refractivity (Wildman–Crippen MR) is 136 cm³/mol. The van der Waals surface area contributed by atoms with Gasteiger partial charge in [-0.3, -0.25) is 9.36 Å². The minimum Gasteiger partial charge on any atom is -0.447 e. The molecule has 5 rings (SSSR count). The van der Waals surface area contributed by atoms with Crippen LogP contribution in [0.5, 0.6) is 0 Å². The van der Waals surface area contributed by atoms with Crippen LogP contribution in [0.3, 0.4) is 0 Å². The fourth-order valence-electron chi connectivity index (χ4n) is 3.72. The highest BCUT2D eigenvalue weighted by atomic mass is 32.2. The smallest absolute Gasteiger partial charge is 0.416 e. The molecule has 0 atom stereocenters. The predicted octanol–water partition coefficient (Wildman–Crippen LogP) is 6.55. The molecule has 3 aromatic carbocycles. The fourth-order valence-corrected chi connectivity index (χ4v) is 4.55. The maximum Gasteiger partial charge on any atom is 0.416 e. The number of hydrogen-bond donors (Lipinski definition) is 1. The molecule has 0 saturated carbocycles. The summed E-state index contributed by atoms with van der Waals surface area (Å²) in [6, 6.07) is 20.0. The van der Waals surface area contributed by atoms with Crippen LogP contribution in [0, 0.1) is 5.82 Å². The number of oxazole rings is 1. The molecular weight excluding hydrogens is 534 g/mol. The van der Waals surface area contributed by atoms with Gasteiger partial charge in [-0.25, -0.2) is 9.37 Å². The number of amides is 1. The largest absolute Gasteiger partial charge is 0.447 e. The first-order valence-electron chi connectivity index (χ1n) is 11.6. The van der Waals surface area contributed by atoms with Gasteiger partial charge in [-0.15, -0.1) is 10.2 Å². The van der Waals surface area contributed by atoms with Gasteiger partial charge in [-0.05, 0) is 35.9 Å². The van der Waals surface area contributed by atoms with Crippen molar-refractivity contribution >= 4 is 23.4 Å². The molecule has 0 bridgehead atoms. The quantitative estimate of drug-likeness (QED) is 0.173. The average molecular weight is 554 g/mol. The van der Waals surface area contributed by atoms with Crippen LogP contribution in [-0.2, 0) is 18.3 Å². The third kappa shape index (κ3) is 6.17. The zero-order valence-electron chi connectivity index (χ0n) is 20.0. The van der Waals surface area contributed by atoms with Crippen molar-refractivity contribution in [1.82, 2.24) is 19.7 Å². The van der Waals surface area contributed by atoms with Crippen molar-refractivity contribution in [3.8, 4) is 5.69 Å². The number of benzene rings is 3. The second-order valence-corrected chi connectivity index (χ2v) is 9.24. The number of para-hydroxylation sites is 1. The van der Waals surface area contributed by atoms with Crippen molar-refractivity contribution in [2.75, 3.05) is 5.32 Å². The van der Waals surface area contributed by atoms with Gasteiger partial charge in [-0.1, -0.05) is 60.3 Å². The first kappa shape index (κ1) is 26.2. The van der Waals surface area contributed by atoms with Crippen LogP contribution >= 0.6 is 11.8 Å². The molecule has 0 saturated heterocycles. The minimum atomic E-state index is -4.52. The summed E-state index contributed by atoms with van der Waals surface area (Å²) in [5.41, 5.74) is 0.307. The second kappa shape index (κ2) is 11.1. The van der Waals surface area contributed by atoms with Crippen molar-refractivity contribution in [3.63, 3.8) is 0 Å². The van der Waals surface area contributed by atoms with Gasteiger partial charge in [0.15, 0.2) is 10.9 Å². The average Bonchev–Trinajstić information content (AvgIpc) is 3.56. The summed E-state index contributed by atoms with van der Waals surface area (Å²) in [5.74, 6) is -0.528. The molecule has 0 spiro atoms. The summed E-state index contributed by atoms with van der Waals surface area (Å²) in [7, 11) is 0. The molecule has 2 heterocycles. The Morgan fingerprint density at radius 2 is 1.74 bits per heavy atom. The second-order valence-electron chi connectivity index (χ2n) is 8.29. The molecule has 2 aromatic heterocycles. The number of carbonyl (C=O) groups is 1. The number of nitrogens with zero attached hydrogens (tertiary/aromatic N) is 4. The van der Waals surface area contributed by atoms with Crippen LogP contribution in [0.1, 0.15) is 33.3 Å². The Hall–Kier alpha value is -4.45. The van der Waals surface area contributed by atoms with Crippen LogP contribution in [0.15, 0.2) is 94.7 Å². The summed E-state index contributed by atoms with van der Waals surface area (Å²) in [4.78, 5) is 16.6. The number of thioether (sulfide) groups is 1. The Morgan fingerprint density at radius 3 is 2.51 bits per heavy atom. The third-order valence-corrected chi connectivity index (χ3v) is 6.48. The van der Waals surface area contributed by atoms with E-state index in [2.05, 4.69) is 20.5 Å². The molecule has 0 aliphatic rings. The zero-order chi connectivity index (χ0) is 27.4. The number of alkyl halides is 3. The van der Waals surface area contributed by atoms with Gasteiger partial charge in [0.25, 0.3) is 5.91 Å². The van der Waals surface area contributed by atoms with E-state index in [0.29, 0.717) is 17.4 Å². The van der Waals surface area contributed by atoms with Crippen LogP contribution in [0.4, 0.5) is 23.2 Å². The van der Waals surface area contributed by atoms with Gasteiger partial charge in [0.05, 0.1) is 22.7 Å². The van der Waals surface area contributed by atoms with Crippen molar-refractivity contribution < 1.29 is 26.8 Å². The van der Waals surface area contributed by atoms with E-state index in [1.54, 1.807) is 16.7 Å². The Kier molecular flexibility index (Phi) is 7.46. The van der Waals surface area contributed by atoms with Gasteiger partial charge < -0.3 is 9.73 Å². The molecule has 0 aliphatic carbocycles. The normalized spacial score (nSPS) is 11.5. The van der Waals surface area contributed by atoms with Crippen molar-refractivity contribution in [1.29, 1.82) is 0 Å². The van der Waals surface area contributed by atoms with E-state index in [1.165, 1.54) is 24.3 Å². The molecule has 7 nitrogen and oxygen atoms in total. The molecular formula is C27H19F4N5O2S.